The minimum absolute atomic E-state index is 0.157. The standard InChI is InChI=1S/C15H25N5O3/c1-14(2,19(5)11(21)8-16-4)13(23)20-7-6-10-15(3,9-20)12(22)18-17-10/h16H,6-9H2,1-5H3,(H,18,22). The predicted molar refractivity (Wildman–Crippen MR) is 85.7 cm³/mol. The molecule has 1 saturated heterocycles. The van der Waals surface area contributed by atoms with Gasteiger partial charge in [-0.25, -0.2) is 5.43 Å². The van der Waals surface area contributed by atoms with Gasteiger partial charge in [-0.05, 0) is 27.8 Å². The van der Waals surface area contributed by atoms with E-state index in [2.05, 4.69) is 15.8 Å². The van der Waals surface area contributed by atoms with Crippen molar-refractivity contribution in [3.63, 3.8) is 0 Å². The molecule has 1 fully saturated rings. The summed E-state index contributed by atoms with van der Waals surface area (Å²) >= 11 is 0. The Morgan fingerprint density at radius 3 is 2.74 bits per heavy atom. The highest BCUT2D eigenvalue weighted by Crippen LogP contribution is 2.32. The molecule has 2 aliphatic heterocycles. The Morgan fingerprint density at radius 1 is 1.48 bits per heavy atom. The molecule has 0 aliphatic carbocycles. The highest BCUT2D eigenvalue weighted by molar-refractivity contribution is 6.13. The predicted octanol–water partition coefficient (Wildman–Crippen LogP) is -0.833. The molecule has 8 heteroatoms. The number of likely N-dealkylation sites (N-methyl/N-ethyl adjacent to an activating group) is 2. The number of hydrogen-bond donors (Lipinski definition) is 2. The minimum Gasteiger partial charge on any atom is -0.339 e. The van der Waals surface area contributed by atoms with E-state index in [-0.39, 0.29) is 30.8 Å². The molecule has 3 amide bonds. The third-order valence-corrected chi connectivity index (χ3v) is 4.91. The summed E-state index contributed by atoms with van der Waals surface area (Å²) in [6.45, 7) is 6.21. The zero-order chi connectivity index (χ0) is 17.4. The van der Waals surface area contributed by atoms with E-state index < -0.39 is 11.0 Å². The van der Waals surface area contributed by atoms with Crippen LogP contribution in [0.4, 0.5) is 0 Å². The SMILES string of the molecule is CNCC(=O)N(C)C(C)(C)C(=O)N1CCC2=NNC(=O)C2(C)C1. The van der Waals surface area contributed by atoms with Gasteiger partial charge in [-0.2, -0.15) is 5.10 Å². The van der Waals surface area contributed by atoms with Crippen molar-refractivity contribution in [2.75, 3.05) is 33.7 Å². The molecule has 128 valence electrons. The molecular weight excluding hydrogens is 298 g/mol. The molecule has 2 heterocycles. The normalized spacial score (nSPS) is 24.0. The van der Waals surface area contributed by atoms with Crippen LogP contribution in [0.25, 0.3) is 0 Å². The Balaban J connectivity index is 2.15. The monoisotopic (exact) mass is 323 g/mol. The molecule has 0 saturated carbocycles. The summed E-state index contributed by atoms with van der Waals surface area (Å²) in [6, 6.07) is 0. The molecule has 0 aromatic carbocycles. The summed E-state index contributed by atoms with van der Waals surface area (Å²) in [5.74, 6) is -0.498. The lowest BCUT2D eigenvalue weighted by Crippen LogP contribution is -2.61. The van der Waals surface area contributed by atoms with Gasteiger partial charge in [-0.1, -0.05) is 0 Å². The van der Waals surface area contributed by atoms with Gasteiger partial charge in [0.2, 0.25) is 11.8 Å². The maximum absolute atomic E-state index is 12.9. The first-order valence-corrected chi connectivity index (χ1v) is 7.72. The second-order valence-corrected chi connectivity index (χ2v) is 6.85. The van der Waals surface area contributed by atoms with Crippen molar-refractivity contribution in [2.24, 2.45) is 10.5 Å². The summed E-state index contributed by atoms with van der Waals surface area (Å²) in [4.78, 5) is 40.2. The van der Waals surface area contributed by atoms with E-state index in [1.165, 1.54) is 4.90 Å². The quantitative estimate of drug-likeness (QED) is 0.706. The highest BCUT2D eigenvalue weighted by atomic mass is 16.2. The first-order valence-electron chi connectivity index (χ1n) is 7.72. The number of hydrazone groups is 1. The van der Waals surface area contributed by atoms with Gasteiger partial charge in [0, 0.05) is 26.6 Å². The molecule has 1 unspecified atom stereocenters. The van der Waals surface area contributed by atoms with Crippen molar-refractivity contribution in [2.45, 2.75) is 32.7 Å². The van der Waals surface area contributed by atoms with E-state index >= 15 is 0 Å². The molecule has 2 rings (SSSR count). The average molecular weight is 323 g/mol. The second-order valence-electron chi connectivity index (χ2n) is 6.85. The van der Waals surface area contributed by atoms with Crippen LogP contribution >= 0.6 is 0 Å². The van der Waals surface area contributed by atoms with Gasteiger partial charge >= 0.3 is 0 Å². The summed E-state index contributed by atoms with van der Waals surface area (Å²) in [5, 5.41) is 6.86. The lowest BCUT2D eigenvalue weighted by Gasteiger charge is -2.43. The Morgan fingerprint density at radius 2 is 2.13 bits per heavy atom. The van der Waals surface area contributed by atoms with Gasteiger partial charge in [0.05, 0.1) is 12.3 Å². The van der Waals surface area contributed by atoms with Crippen LogP contribution in [0, 0.1) is 5.41 Å². The number of amides is 3. The lowest BCUT2D eigenvalue weighted by atomic mass is 9.79. The van der Waals surface area contributed by atoms with Crippen molar-refractivity contribution in [1.82, 2.24) is 20.5 Å². The van der Waals surface area contributed by atoms with Gasteiger partial charge in [0.1, 0.15) is 11.0 Å². The summed E-state index contributed by atoms with van der Waals surface area (Å²) in [7, 11) is 3.31. The maximum Gasteiger partial charge on any atom is 0.253 e. The second kappa shape index (κ2) is 5.92. The minimum atomic E-state index is -0.978. The number of likely N-dealkylation sites (tertiary alicyclic amines) is 1. The molecule has 8 nitrogen and oxygen atoms in total. The van der Waals surface area contributed by atoms with Crippen molar-refractivity contribution in [1.29, 1.82) is 0 Å². The van der Waals surface area contributed by atoms with Gasteiger partial charge in [-0.3, -0.25) is 14.4 Å². The van der Waals surface area contributed by atoms with Crippen LogP contribution in [0.15, 0.2) is 5.10 Å². The Hall–Kier alpha value is -1.96. The van der Waals surface area contributed by atoms with Crippen LogP contribution in [0.2, 0.25) is 0 Å². The number of piperidine rings is 1. The molecule has 2 aliphatic rings. The number of nitrogens with one attached hydrogen (secondary N) is 2. The number of rotatable bonds is 4. The van der Waals surface area contributed by atoms with Gasteiger partial charge in [0.25, 0.3) is 5.91 Å². The van der Waals surface area contributed by atoms with Crippen LogP contribution in [0.1, 0.15) is 27.2 Å². The van der Waals surface area contributed by atoms with E-state index in [0.29, 0.717) is 13.0 Å². The van der Waals surface area contributed by atoms with Crippen LogP contribution in [0.5, 0.6) is 0 Å². The third-order valence-electron chi connectivity index (χ3n) is 4.91. The molecule has 0 aromatic rings. The van der Waals surface area contributed by atoms with Gasteiger partial charge < -0.3 is 15.1 Å². The molecule has 2 N–H and O–H groups in total. The Bertz CT molecular complexity index is 571. The third kappa shape index (κ3) is 2.83. The molecular formula is C15H25N5O3. The largest absolute Gasteiger partial charge is 0.339 e. The topological polar surface area (TPSA) is 94.1 Å². The molecule has 0 bridgehead atoms. The van der Waals surface area contributed by atoms with E-state index in [9.17, 15) is 14.4 Å². The summed E-state index contributed by atoms with van der Waals surface area (Å²) in [5.41, 5.74) is 1.55. The average Bonchev–Trinajstić information content (AvgIpc) is 2.80. The zero-order valence-corrected chi connectivity index (χ0v) is 14.4. The van der Waals surface area contributed by atoms with Gasteiger partial charge in [-0.15, -0.1) is 0 Å². The van der Waals surface area contributed by atoms with Crippen LogP contribution < -0.4 is 10.7 Å². The molecule has 0 aromatic heterocycles. The fraction of sp³-hybridized carbons (Fsp3) is 0.733. The number of carbonyl (C=O) groups is 3. The fourth-order valence-electron chi connectivity index (χ4n) is 2.98. The number of hydrogen-bond acceptors (Lipinski definition) is 5. The van der Waals surface area contributed by atoms with Crippen molar-refractivity contribution >= 4 is 23.4 Å². The summed E-state index contributed by atoms with van der Waals surface area (Å²) < 4.78 is 0. The number of carbonyl (C=O) groups excluding carboxylic acids is 3. The van der Waals surface area contributed by atoms with Crippen molar-refractivity contribution < 1.29 is 14.4 Å². The van der Waals surface area contributed by atoms with Crippen molar-refractivity contribution in [3.8, 4) is 0 Å². The van der Waals surface area contributed by atoms with E-state index in [0.717, 1.165) is 5.71 Å². The molecule has 0 radical (unpaired) electrons. The fourth-order valence-corrected chi connectivity index (χ4v) is 2.98. The molecule has 1 atom stereocenters. The van der Waals surface area contributed by atoms with E-state index in [1.54, 1.807) is 39.8 Å². The first-order chi connectivity index (χ1) is 10.6. The first kappa shape index (κ1) is 17.4. The maximum atomic E-state index is 12.9. The number of nitrogens with zero attached hydrogens (tertiary/aromatic N) is 3. The molecule has 23 heavy (non-hydrogen) atoms. The van der Waals surface area contributed by atoms with Crippen molar-refractivity contribution in [3.05, 3.63) is 0 Å². The van der Waals surface area contributed by atoms with Gasteiger partial charge in [0.15, 0.2) is 0 Å². The van der Waals surface area contributed by atoms with E-state index in [4.69, 9.17) is 0 Å². The van der Waals surface area contributed by atoms with Crippen LogP contribution in [-0.2, 0) is 14.4 Å². The highest BCUT2D eigenvalue weighted by Gasteiger charge is 2.50. The van der Waals surface area contributed by atoms with Crippen LogP contribution in [0.3, 0.4) is 0 Å². The summed E-state index contributed by atoms with van der Waals surface area (Å²) in [6.07, 6.45) is 0.561. The molecule has 0 spiro atoms. The lowest BCUT2D eigenvalue weighted by molar-refractivity contribution is -0.151. The smallest absolute Gasteiger partial charge is 0.253 e. The van der Waals surface area contributed by atoms with E-state index in [1.807, 2.05) is 0 Å². The number of fused-ring (bicyclic) bond motifs is 1. The Labute approximate surface area is 136 Å². The zero-order valence-electron chi connectivity index (χ0n) is 14.4. The van der Waals surface area contributed by atoms with Crippen LogP contribution in [-0.4, -0.2) is 72.5 Å². The Kier molecular flexibility index (Phi) is 4.48.